The molecule has 0 aliphatic rings. The second kappa shape index (κ2) is 7.55. The summed E-state index contributed by atoms with van der Waals surface area (Å²) in [4.78, 5) is 12.0. The lowest BCUT2D eigenvalue weighted by Gasteiger charge is -2.09. The summed E-state index contributed by atoms with van der Waals surface area (Å²) in [7, 11) is 0. The largest absolute Gasteiger partial charge is 0.494 e. The van der Waals surface area contributed by atoms with Gasteiger partial charge in [0.15, 0.2) is 0 Å². The third kappa shape index (κ3) is 4.39. The third-order valence-corrected chi connectivity index (χ3v) is 3.21. The normalized spacial score (nSPS) is 10.1. The van der Waals surface area contributed by atoms with Crippen LogP contribution in [-0.4, -0.2) is 19.1 Å². The highest BCUT2D eigenvalue weighted by molar-refractivity contribution is 6.34. The van der Waals surface area contributed by atoms with E-state index in [0.717, 1.165) is 5.75 Å². The Bertz CT molecular complexity index is 582. The van der Waals surface area contributed by atoms with Crippen molar-refractivity contribution in [2.75, 3.05) is 18.9 Å². The maximum absolute atomic E-state index is 12.0. The minimum atomic E-state index is -0.266. The number of para-hydroxylation sites is 1. The first-order chi connectivity index (χ1) is 10.2. The molecule has 2 rings (SSSR count). The number of rotatable bonds is 6. The fourth-order valence-corrected chi connectivity index (χ4v) is 2.12. The quantitative estimate of drug-likeness (QED) is 0.636. The van der Waals surface area contributed by atoms with Crippen LogP contribution in [0.15, 0.2) is 48.5 Å². The van der Waals surface area contributed by atoms with Gasteiger partial charge in [0.1, 0.15) is 5.75 Å². The van der Waals surface area contributed by atoms with Crippen molar-refractivity contribution in [1.29, 1.82) is 0 Å². The Labute approximate surface area is 128 Å². The average Bonchev–Trinajstić information content (AvgIpc) is 2.48. The SMILES string of the molecule is Nc1cccc(Cl)c1C(=O)NCCCOc1ccccc1. The maximum atomic E-state index is 12.0. The van der Waals surface area contributed by atoms with Gasteiger partial charge in [0.25, 0.3) is 5.91 Å². The third-order valence-electron chi connectivity index (χ3n) is 2.89. The molecule has 0 aliphatic heterocycles. The van der Waals surface area contributed by atoms with Gasteiger partial charge < -0.3 is 15.8 Å². The number of hydrogen-bond acceptors (Lipinski definition) is 3. The molecule has 2 aromatic rings. The minimum absolute atomic E-state index is 0.266. The molecule has 4 nitrogen and oxygen atoms in total. The Morgan fingerprint density at radius 3 is 2.62 bits per heavy atom. The van der Waals surface area contributed by atoms with Gasteiger partial charge in [0.2, 0.25) is 0 Å². The number of carbonyl (C=O) groups is 1. The topological polar surface area (TPSA) is 64.4 Å². The standard InChI is InChI=1S/C16H17ClN2O2/c17-13-8-4-9-14(18)15(13)16(20)19-10-5-11-21-12-6-2-1-3-7-12/h1-4,6-9H,5,10-11,18H2,(H,19,20). The average molecular weight is 305 g/mol. The molecule has 1 amide bonds. The van der Waals surface area contributed by atoms with E-state index in [-0.39, 0.29) is 5.91 Å². The van der Waals surface area contributed by atoms with Crippen LogP contribution in [0.1, 0.15) is 16.8 Å². The Kier molecular flexibility index (Phi) is 5.46. The molecule has 0 aliphatic carbocycles. The molecule has 0 saturated heterocycles. The molecule has 0 spiro atoms. The first kappa shape index (κ1) is 15.2. The molecule has 21 heavy (non-hydrogen) atoms. The summed E-state index contributed by atoms with van der Waals surface area (Å²) in [5.74, 6) is 0.553. The van der Waals surface area contributed by atoms with Gasteiger partial charge in [-0.3, -0.25) is 4.79 Å². The molecule has 2 aromatic carbocycles. The van der Waals surface area contributed by atoms with E-state index in [1.807, 2.05) is 30.3 Å². The lowest BCUT2D eigenvalue weighted by molar-refractivity contribution is 0.0952. The zero-order valence-electron chi connectivity index (χ0n) is 11.5. The van der Waals surface area contributed by atoms with Crippen LogP contribution in [0.3, 0.4) is 0 Å². The van der Waals surface area contributed by atoms with Gasteiger partial charge in [-0.1, -0.05) is 35.9 Å². The lowest BCUT2D eigenvalue weighted by Crippen LogP contribution is -2.26. The molecular weight excluding hydrogens is 288 g/mol. The molecule has 0 radical (unpaired) electrons. The summed E-state index contributed by atoms with van der Waals surface area (Å²) in [6, 6.07) is 14.6. The number of benzene rings is 2. The zero-order chi connectivity index (χ0) is 15.1. The first-order valence-electron chi connectivity index (χ1n) is 6.68. The lowest BCUT2D eigenvalue weighted by atomic mass is 10.1. The molecule has 0 heterocycles. The maximum Gasteiger partial charge on any atom is 0.254 e. The minimum Gasteiger partial charge on any atom is -0.494 e. The highest BCUT2D eigenvalue weighted by Crippen LogP contribution is 2.21. The van der Waals surface area contributed by atoms with E-state index in [2.05, 4.69) is 5.32 Å². The Morgan fingerprint density at radius 2 is 1.90 bits per heavy atom. The fraction of sp³-hybridized carbons (Fsp3) is 0.188. The molecule has 0 unspecified atom stereocenters. The highest BCUT2D eigenvalue weighted by Gasteiger charge is 2.12. The fourth-order valence-electron chi connectivity index (χ4n) is 1.85. The molecule has 0 saturated carbocycles. The van der Waals surface area contributed by atoms with E-state index in [4.69, 9.17) is 22.1 Å². The molecule has 110 valence electrons. The van der Waals surface area contributed by atoms with Crippen molar-refractivity contribution in [2.24, 2.45) is 0 Å². The van der Waals surface area contributed by atoms with Crippen molar-refractivity contribution in [3.05, 3.63) is 59.1 Å². The van der Waals surface area contributed by atoms with Crippen LogP contribution >= 0.6 is 11.6 Å². The van der Waals surface area contributed by atoms with Gasteiger partial charge in [-0.2, -0.15) is 0 Å². The monoisotopic (exact) mass is 304 g/mol. The number of ether oxygens (including phenoxy) is 1. The predicted molar refractivity (Wildman–Crippen MR) is 84.8 cm³/mol. The van der Waals surface area contributed by atoms with E-state index >= 15 is 0 Å². The number of halogens is 1. The Balaban J connectivity index is 1.75. The van der Waals surface area contributed by atoms with E-state index < -0.39 is 0 Å². The number of carbonyl (C=O) groups excluding carboxylic acids is 1. The van der Waals surface area contributed by atoms with Gasteiger partial charge in [0.05, 0.1) is 17.2 Å². The van der Waals surface area contributed by atoms with Crippen molar-refractivity contribution in [1.82, 2.24) is 5.32 Å². The van der Waals surface area contributed by atoms with E-state index in [9.17, 15) is 4.79 Å². The number of nitrogen functional groups attached to an aromatic ring is 1. The van der Waals surface area contributed by atoms with Gasteiger partial charge in [-0.25, -0.2) is 0 Å². The molecule has 0 aromatic heterocycles. The Morgan fingerprint density at radius 1 is 1.14 bits per heavy atom. The number of anilines is 1. The second-order valence-corrected chi connectivity index (χ2v) is 4.88. The summed E-state index contributed by atoms with van der Waals surface area (Å²) in [5, 5.41) is 3.14. The van der Waals surface area contributed by atoms with Gasteiger partial charge in [0, 0.05) is 12.2 Å². The summed E-state index contributed by atoms with van der Waals surface area (Å²) in [6.45, 7) is 1.03. The summed E-state index contributed by atoms with van der Waals surface area (Å²) in [6.07, 6.45) is 0.699. The molecule has 0 fully saturated rings. The van der Waals surface area contributed by atoms with Gasteiger partial charge in [-0.05, 0) is 30.7 Å². The molecule has 3 N–H and O–H groups in total. The van der Waals surface area contributed by atoms with Crippen molar-refractivity contribution in [3.63, 3.8) is 0 Å². The molecule has 5 heteroatoms. The van der Waals surface area contributed by atoms with Crippen molar-refractivity contribution >= 4 is 23.2 Å². The second-order valence-electron chi connectivity index (χ2n) is 4.48. The van der Waals surface area contributed by atoms with Gasteiger partial charge in [-0.15, -0.1) is 0 Å². The molecule has 0 atom stereocenters. The smallest absolute Gasteiger partial charge is 0.254 e. The number of nitrogens with one attached hydrogen (secondary N) is 1. The van der Waals surface area contributed by atoms with Crippen LogP contribution < -0.4 is 15.8 Å². The van der Waals surface area contributed by atoms with E-state index in [1.54, 1.807) is 18.2 Å². The van der Waals surface area contributed by atoms with Crippen LogP contribution in [0.4, 0.5) is 5.69 Å². The van der Waals surface area contributed by atoms with Crippen molar-refractivity contribution in [3.8, 4) is 5.75 Å². The predicted octanol–water partition coefficient (Wildman–Crippen LogP) is 3.12. The summed E-state index contributed by atoms with van der Waals surface area (Å²) < 4.78 is 5.54. The van der Waals surface area contributed by atoms with Crippen LogP contribution in [0.5, 0.6) is 5.75 Å². The van der Waals surface area contributed by atoms with Crippen LogP contribution in [0, 0.1) is 0 Å². The number of nitrogens with two attached hydrogens (primary N) is 1. The van der Waals surface area contributed by atoms with E-state index in [0.29, 0.717) is 35.8 Å². The summed E-state index contributed by atoms with van der Waals surface area (Å²) >= 11 is 5.98. The number of amides is 1. The van der Waals surface area contributed by atoms with Crippen molar-refractivity contribution < 1.29 is 9.53 Å². The molecule has 0 bridgehead atoms. The Hall–Kier alpha value is -2.20. The number of hydrogen-bond donors (Lipinski definition) is 2. The van der Waals surface area contributed by atoms with Crippen molar-refractivity contribution in [2.45, 2.75) is 6.42 Å². The first-order valence-corrected chi connectivity index (χ1v) is 7.06. The van der Waals surface area contributed by atoms with Crippen LogP contribution in [-0.2, 0) is 0 Å². The van der Waals surface area contributed by atoms with E-state index in [1.165, 1.54) is 0 Å². The van der Waals surface area contributed by atoms with Gasteiger partial charge >= 0.3 is 0 Å². The zero-order valence-corrected chi connectivity index (χ0v) is 12.3. The van der Waals surface area contributed by atoms with Crippen LogP contribution in [0.25, 0.3) is 0 Å². The summed E-state index contributed by atoms with van der Waals surface area (Å²) in [5.41, 5.74) is 6.46. The highest BCUT2D eigenvalue weighted by atomic mass is 35.5. The van der Waals surface area contributed by atoms with Crippen LogP contribution in [0.2, 0.25) is 5.02 Å². The molecular formula is C16H17ClN2O2.